The molecule has 9 heteroatoms. The number of anilines is 1. The van der Waals surface area contributed by atoms with Gasteiger partial charge in [-0.2, -0.15) is 0 Å². The minimum atomic E-state index is -3.73. The van der Waals surface area contributed by atoms with Crippen molar-refractivity contribution in [2.24, 2.45) is 0 Å². The quantitative estimate of drug-likeness (QED) is 0.419. The van der Waals surface area contributed by atoms with E-state index in [0.29, 0.717) is 29.7 Å². The second kappa shape index (κ2) is 12.7. The van der Waals surface area contributed by atoms with Crippen LogP contribution < -0.4 is 9.62 Å². The maximum atomic E-state index is 13.4. The van der Waals surface area contributed by atoms with Crippen molar-refractivity contribution < 1.29 is 18.0 Å². The van der Waals surface area contributed by atoms with E-state index in [4.69, 9.17) is 0 Å². The first-order valence-electron chi connectivity index (χ1n) is 11.0. The number of hydrogen-bond acceptors (Lipinski definition) is 4. The summed E-state index contributed by atoms with van der Waals surface area (Å²) >= 11 is 3.35. The first kappa shape index (κ1) is 26.9. The maximum absolute atomic E-state index is 13.4. The van der Waals surface area contributed by atoms with Gasteiger partial charge in [-0.25, -0.2) is 8.42 Å². The van der Waals surface area contributed by atoms with Crippen molar-refractivity contribution in [3.05, 3.63) is 64.6 Å². The highest BCUT2D eigenvalue weighted by Gasteiger charge is 2.29. The SMILES string of the molecule is CCCCNC(=O)C(C)N(CCc1ccccc1)C(=O)CN(c1cccc(Br)c1)S(C)(=O)=O. The van der Waals surface area contributed by atoms with Crippen LogP contribution in [-0.2, 0) is 26.0 Å². The molecule has 0 saturated carbocycles. The van der Waals surface area contributed by atoms with Crippen LogP contribution in [0.4, 0.5) is 5.69 Å². The fourth-order valence-corrected chi connectivity index (χ4v) is 4.58. The third-order valence-corrected chi connectivity index (χ3v) is 6.89. The number of amides is 2. The lowest BCUT2D eigenvalue weighted by Crippen LogP contribution is -2.52. The number of rotatable bonds is 12. The number of carbonyl (C=O) groups excluding carboxylic acids is 2. The highest BCUT2D eigenvalue weighted by atomic mass is 79.9. The molecule has 2 aromatic rings. The Morgan fingerprint density at radius 2 is 1.79 bits per heavy atom. The van der Waals surface area contributed by atoms with Crippen molar-refractivity contribution in [2.45, 2.75) is 39.2 Å². The topological polar surface area (TPSA) is 86.8 Å². The standard InChI is InChI=1S/C24H32BrN3O4S/c1-4-5-15-26-24(30)19(2)27(16-14-20-10-7-6-8-11-20)23(29)18-28(33(3,31)32)22-13-9-12-21(25)17-22/h6-13,17,19H,4-5,14-16,18H2,1-3H3,(H,26,30). The van der Waals surface area contributed by atoms with Gasteiger partial charge in [-0.3, -0.25) is 13.9 Å². The second-order valence-electron chi connectivity index (χ2n) is 7.89. The van der Waals surface area contributed by atoms with Crippen molar-refractivity contribution in [1.29, 1.82) is 0 Å². The van der Waals surface area contributed by atoms with Gasteiger partial charge in [-0.05, 0) is 43.5 Å². The number of halogens is 1. The molecule has 0 spiro atoms. The monoisotopic (exact) mass is 537 g/mol. The lowest BCUT2D eigenvalue weighted by atomic mass is 10.1. The van der Waals surface area contributed by atoms with Crippen LogP contribution in [0.15, 0.2) is 59.1 Å². The molecule has 0 radical (unpaired) electrons. The number of unbranched alkanes of at least 4 members (excludes halogenated alkanes) is 1. The molecule has 0 saturated heterocycles. The molecule has 0 fully saturated rings. The van der Waals surface area contributed by atoms with E-state index in [0.717, 1.165) is 29.0 Å². The Kier molecular flexibility index (Phi) is 10.4. The Morgan fingerprint density at radius 1 is 1.09 bits per heavy atom. The molecule has 2 aromatic carbocycles. The first-order chi connectivity index (χ1) is 15.6. The van der Waals surface area contributed by atoms with Gasteiger partial charge in [-0.1, -0.05) is 65.7 Å². The number of sulfonamides is 1. The van der Waals surface area contributed by atoms with Crippen molar-refractivity contribution in [3.8, 4) is 0 Å². The summed E-state index contributed by atoms with van der Waals surface area (Å²) in [6.07, 6.45) is 3.41. The fourth-order valence-electron chi connectivity index (χ4n) is 3.35. The summed E-state index contributed by atoms with van der Waals surface area (Å²) < 4.78 is 26.8. The molecule has 0 aliphatic rings. The van der Waals surface area contributed by atoms with Crippen LogP contribution in [0.3, 0.4) is 0 Å². The molecule has 2 rings (SSSR count). The van der Waals surface area contributed by atoms with Gasteiger partial charge in [0.15, 0.2) is 0 Å². The van der Waals surface area contributed by atoms with E-state index < -0.39 is 28.5 Å². The Balaban J connectivity index is 2.26. The third kappa shape index (κ3) is 8.47. The van der Waals surface area contributed by atoms with Gasteiger partial charge in [0.05, 0.1) is 11.9 Å². The number of benzene rings is 2. The number of hydrogen-bond donors (Lipinski definition) is 1. The summed E-state index contributed by atoms with van der Waals surface area (Å²) in [5, 5.41) is 2.87. The minimum Gasteiger partial charge on any atom is -0.354 e. The summed E-state index contributed by atoms with van der Waals surface area (Å²) in [5.41, 5.74) is 1.41. The normalized spacial score (nSPS) is 12.1. The summed E-state index contributed by atoms with van der Waals surface area (Å²) in [4.78, 5) is 27.6. The van der Waals surface area contributed by atoms with E-state index in [1.807, 2.05) is 37.3 Å². The van der Waals surface area contributed by atoms with Gasteiger partial charge in [0.2, 0.25) is 21.8 Å². The van der Waals surface area contributed by atoms with E-state index in [1.54, 1.807) is 31.2 Å². The van der Waals surface area contributed by atoms with Crippen molar-refractivity contribution in [1.82, 2.24) is 10.2 Å². The van der Waals surface area contributed by atoms with Crippen LogP contribution in [0, 0.1) is 0 Å². The molecular formula is C24H32BrN3O4S. The first-order valence-corrected chi connectivity index (χ1v) is 13.6. The zero-order valence-corrected chi connectivity index (χ0v) is 21.7. The van der Waals surface area contributed by atoms with Crippen LogP contribution in [0.2, 0.25) is 0 Å². The molecule has 0 bridgehead atoms. The van der Waals surface area contributed by atoms with Crippen LogP contribution in [-0.4, -0.2) is 57.1 Å². The van der Waals surface area contributed by atoms with Crippen LogP contribution in [0.5, 0.6) is 0 Å². The Labute approximate surface area is 205 Å². The largest absolute Gasteiger partial charge is 0.354 e. The molecule has 1 N–H and O–H groups in total. The molecule has 0 aromatic heterocycles. The average Bonchev–Trinajstić information content (AvgIpc) is 2.77. The smallest absolute Gasteiger partial charge is 0.244 e. The zero-order chi connectivity index (χ0) is 24.4. The van der Waals surface area contributed by atoms with Crippen LogP contribution >= 0.6 is 15.9 Å². The zero-order valence-electron chi connectivity index (χ0n) is 19.3. The number of nitrogens with zero attached hydrogens (tertiary/aromatic N) is 2. The van der Waals surface area contributed by atoms with Gasteiger partial charge in [-0.15, -0.1) is 0 Å². The summed E-state index contributed by atoms with van der Waals surface area (Å²) in [7, 11) is -3.73. The van der Waals surface area contributed by atoms with Gasteiger partial charge >= 0.3 is 0 Å². The molecule has 0 heterocycles. The minimum absolute atomic E-state index is 0.252. The molecule has 2 amide bonds. The van der Waals surface area contributed by atoms with E-state index in [9.17, 15) is 18.0 Å². The summed E-state index contributed by atoms with van der Waals surface area (Å²) in [6, 6.07) is 15.7. The Hall–Kier alpha value is -2.39. The lowest BCUT2D eigenvalue weighted by molar-refractivity contribution is -0.138. The maximum Gasteiger partial charge on any atom is 0.244 e. The molecule has 0 aliphatic carbocycles. The van der Waals surface area contributed by atoms with Gasteiger partial charge in [0.25, 0.3) is 0 Å². The highest BCUT2D eigenvalue weighted by Crippen LogP contribution is 2.22. The summed E-state index contributed by atoms with van der Waals surface area (Å²) in [5.74, 6) is -0.687. The second-order valence-corrected chi connectivity index (χ2v) is 10.7. The number of carbonyl (C=O) groups is 2. The van der Waals surface area contributed by atoms with Gasteiger partial charge in [0.1, 0.15) is 12.6 Å². The predicted octanol–water partition coefficient (Wildman–Crippen LogP) is 3.59. The molecule has 7 nitrogen and oxygen atoms in total. The van der Waals surface area contributed by atoms with Crippen molar-refractivity contribution >= 4 is 43.5 Å². The predicted molar refractivity (Wildman–Crippen MR) is 136 cm³/mol. The van der Waals surface area contributed by atoms with E-state index in [1.165, 1.54) is 4.90 Å². The lowest BCUT2D eigenvalue weighted by Gasteiger charge is -2.31. The number of nitrogens with one attached hydrogen (secondary N) is 1. The third-order valence-electron chi connectivity index (χ3n) is 5.26. The fraction of sp³-hybridized carbons (Fsp3) is 0.417. The van der Waals surface area contributed by atoms with Crippen molar-refractivity contribution in [2.75, 3.05) is 30.2 Å². The Morgan fingerprint density at radius 3 is 2.39 bits per heavy atom. The molecule has 33 heavy (non-hydrogen) atoms. The van der Waals surface area contributed by atoms with E-state index in [2.05, 4.69) is 21.2 Å². The van der Waals surface area contributed by atoms with E-state index in [-0.39, 0.29) is 5.91 Å². The van der Waals surface area contributed by atoms with Crippen LogP contribution in [0.1, 0.15) is 32.3 Å². The highest BCUT2D eigenvalue weighted by molar-refractivity contribution is 9.10. The summed E-state index contributed by atoms with van der Waals surface area (Å²) in [6.45, 7) is 4.15. The Bertz CT molecular complexity index is 1030. The molecule has 180 valence electrons. The molecule has 0 aliphatic heterocycles. The van der Waals surface area contributed by atoms with Crippen molar-refractivity contribution in [3.63, 3.8) is 0 Å². The molecular weight excluding hydrogens is 506 g/mol. The van der Waals surface area contributed by atoms with Crippen LogP contribution in [0.25, 0.3) is 0 Å². The molecule has 1 unspecified atom stereocenters. The van der Waals surface area contributed by atoms with E-state index >= 15 is 0 Å². The average molecular weight is 539 g/mol. The van der Waals surface area contributed by atoms with Gasteiger partial charge in [0, 0.05) is 17.6 Å². The molecule has 1 atom stereocenters. The van der Waals surface area contributed by atoms with Gasteiger partial charge < -0.3 is 10.2 Å².